The molecular formula is C20H37NO3S. The van der Waals surface area contributed by atoms with Crippen LogP contribution in [-0.4, -0.2) is 42.8 Å². The molecule has 4 nitrogen and oxygen atoms in total. The first-order valence-corrected chi connectivity index (χ1v) is 12.2. The minimum atomic E-state index is -3.03. The fourth-order valence-electron chi connectivity index (χ4n) is 4.08. The predicted molar refractivity (Wildman–Crippen MR) is 103 cm³/mol. The van der Waals surface area contributed by atoms with E-state index in [1.165, 1.54) is 44.9 Å². The quantitative estimate of drug-likeness (QED) is 0.503. The molecule has 0 radical (unpaired) electrons. The molecule has 0 unspecified atom stereocenters. The average Bonchev–Trinajstić information content (AvgIpc) is 2.56. The van der Waals surface area contributed by atoms with E-state index in [2.05, 4.69) is 6.92 Å². The zero-order chi connectivity index (χ0) is 18.1. The van der Waals surface area contributed by atoms with Crippen LogP contribution in [0, 0.1) is 0 Å². The molecule has 1 heterocycles. The largest absolute Gasteiger partial charge is 0.340 e. The summed E-state index contributed by atoms with van der Waals surface area (Å²) in [4.78, 5) is 13.9. The number of likely N-dealkylation sites (tertiary alicyclic amines) is 1. The summed E-state index contributed by atoms with van der Waals surface area (Å²) >= 11 is 0. The van der Waals surface area contributed by atoms with Crippen LogP contribution in [0.3, 0.4) is 0 Å². The Balaban J connectivity index is 1.56. The van der Waals surface area contributed by atoms with E-state index in [1.807, 2.05) is 0 Å². The first kappa shape index (κ1) is 20.7. The van der Waals surface area contributed by atoms with Gasteiger partial charge in [0.25, 0.3) is 0 Å². The second-order valence-electron chi connectivity index (χ2n) is 7.99. The topological polar surface area (TPSA) is 54.5 Å². The van der Waals surface area contributed by atoms with Crippen LogP contribution in [0.25, 0.3) is 0 Å². The molecule has 0 atom stereocenters. The maximum absolute atomic E-state index is 12.6. The van der Waals surface area contributed by atoms with Gasteiger partial charge in [0.2, 0.25) is 5.91 Å². The Morgan fingerprint density at radius 2 is 1.40 bits per heavy atom. The molecule has 0 aromatic heterocycles. The van der Waals surface area contributed by atoms with Gasteiger partial charge in [0.15, 0.2) is 9.84 Å². The lowest BCUT2D eigenvalue weighted by Crippen LogP contribution is -2.58. The highest BCUT2D eigenvalue weighted by Crippen LogP contribution is 2.30. The Kier molecular flexibility index (Phi) is 8.74. The molecule has 2 aliphatic rings. The number of hydrogen-bond donors (Lipinski definition) is 0. The number of carbonyl (C=O) groups excluding carboxylic acids is 1. The first-order valence-electron chi connectivity index (χ1n) is 10.6. The molecule has 0 aromatic rings. The van der Waals surface area contributed by atoms with Crippen molar-refractivity contribution in [1.29, 1.82) is 0 Å². The minimum absolute atomic E-state index is 0.142. The van der Waals surface area contributed by atoms with Crippen molar-refractivity contribution in [2.75, 3.05) is 13.1 Å². The number of nitrogens with zero attached hydrogens (tertiary/aromatic N) is 1. The van der Waals surface area contributed by atoms with Crippen molar-refractivity contribution in [1.82, 2.24) is 4.90 Å². The Labute approximate surface area is 154 Å². The molecular weight excluding hydrogens is 334 g/mol. The summed E-state index contributed by atoms with van der Waals surface area (Å²) in [6.45, 7) is 3.11. The van der Waals surface area contributed by atoms with E-state index in [0.29, 0.717) is 19.5 Å². The van der Waals surface area contributed by atoms with Gasteiger partial charge in [0.1, 0.15) is 0 Å². The maximum Gasteiger partial charge on any atom is 0.222 e. The third kappa shape index (κ3) is 6.26. The number of amides is 1. The van der Waals surface area contributed by atoms with Gasteiger partial charge in [-0.3, -0.25) is 4.79 Å². The molecule has 5 heteroatoms. The number of sulfone groups is 1. The molecule has 1 saturated heterocycles. The summed E-state index contributed by atoms with van der Waals surface area (Å²) in [5.41, 5.74) is 0. The standard InChI is InChI=1S/C20H37NO3S/c1-2-3-4-5-6-7-8-12-15-20(22)21-16-19(17-21)25(23,24)18-13-10-9-11-14-18/h18-19H,2-17H2,1H3. The van der Waals surface area contributed by atoms with Gasteiger partial charge in [-0.25, -0.2) is 8.42 Å². The molecule has 2 fully saturated rings. The molecule has 0 bridgehead atoms. The highest BCUT2D eigenvalue weighted by molar-refractivity contribution is 7.92. The molecule has 1 aliphatic heterocycles. The second kappa shape index (κ2) is 10.5. The Bertz CT molecular complexity index is 491. The normalized spacial score (nSPS) is 19.8. The monoisotopic (exact) mass is 371 g/mol. The molecule has 0 N–H and O–H groups in total. The van der Waals surface area contributed by atoms with Crippen molar-refractivity contribution in [3.05, 3.63) is 0 Å². The van der Waals surface area contributed by atoms with Crippen LogP contribution in [0.4, 0.5) is 0 Å². The van der Waals surface area contributed by atoms with Gasteiger partial charge in [-0.1, -0.05) is 71.1 Å². The fraction of sp³-hybridized carbons (Fsp3) is 0.950. The van der Waals surface area contributed by atoms with Crippen LogP contribution in [0.5, 0.6) is 0 Å². The van der Waals surface area contributed by atoms with E-state index in [9.17, 15) is 13.2 Å². The molecule has 1 saturated carbocycles. The van der Waals surface area contributed by atoms with Gasteiger partial charge in [0, 0.05) is 19.5 Å². The van der Waals surface area contributed by atoms with Crippen molar-refractivity contribution in [3.63, 3.8) is 0 Å². The van der Waals surface area contributed by atoms with E-state index in [4.69, 9.17) is 0 Å². The SMILES string of the molecule is CCCCCCCCCCC(=O)N1CC(S(=O)(=O)C2CCCCC2)C1. The molecule has 0 spiro atoms. The van der Waals surface area contributed by atoms with Crippen LogP contribution >= 0.6 is 0 Å². The third-order valence-electron chi connectivity index (χ3n) is 5.93. The van der Waals surface area contributed by atoms with E-state index in [-0.39, 0.29) is 16.4 Å². The van der Waals surface area contributed by atoms with E-state index < -0.39 is 9.84 Å². The average molecular weight is 372 g/mol. The second-order valence-corrected chi connectivity index (χ2v) is 10.5. The lowest BCUT2D eigenvalue weighted by atomic mass is 10.0. The third-order valence-corrected chi connectivity index (χ3v) is 8.55. The molecule has 2 rings (SSSR count). The van der Waals surface area contributed by atoms with Crippen LogP contribution in [0.15, 0.2) is 0 Å². The lowest BCUT2D eigenvalue weighted by Gasteiger charge is -2.41. The maximum atomic E-state index is 12.6. The zero-order valence-electron chi connectivity index (χ0n) is 16.0. The number of rotatable bonds is 11. The van der Waals surface area contributed by atoms with Gasteiger partial charge in [-0.15, -0.1) is 0 Å². The molecule has 1 amide bonds. The lowest BCUT2D eigenvalue weighted by molar-refractivity contribution is -0.134. The van der Waals surface area contributed by atoms with E-state index in [0.717, 1.165) is 38.5 Å². The highest BCUT2D eigenvalue weighted by atomic mass is 32.2. The van der Waals surface area contributed by atoms with Gasteiger partial charge < -0.3 is 4.90 Å². The Hall–Kier alpha value is -0.580. The van der Waals surface area contributed by atoms with Crippen LogP contribution in [-0.2, 0) is 14.6 Å². The van der Waals surface area contributed by atoms with Crippen molar-refractivity contribution in [2.45, 2.75) is 107 Å². The van der Waals surface area contributed by atoms with E-state index in [1.54, 1.807) is 4.90 Å². The molecule has 146 valence electrons. The highest BCUT2D eigenvalue weighted by Gasteiger charge is 2.43. The fourth-order valence-corrected chi connectivity index (χ4v) is 6.39. The summed E-state index contributed by atoms with van der Waals surface area (Å²) in [6, 6.07) is 0. The van der Waals surface area contributed by atoms with E-state index >= 15 is 0 Å². The summed E-state index contributed by atoms with van der Waals surface area (Å²) in [5, 5.41) is -0.436. The first-order chi connectivity index (χ1) is 12.1. The van der Waals surface area contributed by atoms with Crippen LogP contribution < -0.4 is 0 Å². The summed E-state index contributed by atoms with van der Waals surface area (Å²) in [6.07, 6.45) is 15.3. The Morgan fingerprint density at radius 1 is 0.840 bits per heavy atom. The number of carbonyl (C=O) groups is 1. The summed E-state index contributed by atoms with van der Waals surface area (Å²) in [7, 11) is -3.03. The van der Waals surface area contributed by atoms with Crippen molar-refractivity contribution < 1.29 is 13.2 Å². The molecule has 1 aliphatic carbocycles. The molecule has 25 heavy (non-hydrogen) atoms. The van der Waals surface area contributed by atoms with Crippen molar-refractivity contribution in [3.8, 4) is 0 Å². The molecule has 0 aromatic carbocycles. The number of hydrogen-bond acceptors (Lipinski definition) is 3. The van der Waals surface area contributed by atoms with Crippen LogP contribution in [0.2, 0.25) is 0 Å². The summed E-state index contributed by atoms with van der Waals surface area (Å²) < 4.78 is 25.2. The Morgan fingerprint density at radius 3 is 2.00 bits per heavy atom. The smallest absolute Gasteiger partial charge is 0.222 e. The van der Waals surface area contributed by atoms with Crippen molar-refractivity contribution in [2.24, 2.45) is 0 Å². The zero-order valence-corrected chi connectivity index (χ0v) is 16.9. The van der Waals surface area contributed by atoms with Crippen molar-refractivity contribution >= 4 is 15.7 Å². The predicted octanol–water partition coefficient (Wildman–Crippen LogP) is 4.48. The van der Waals surface area contributed by atoms with Gasteiger partial charge in [0.05, 0.1) is 10.5 Å². The van der Waals surface area contributed by atoms with Gasteiger partial charge >= 0.3 is 0 Å². The van der Waals surface area contributed by atoms with Gasteiger partial charge in [-0.2, -0.15) is 0 Å². The summed E-state index contributed by atoms with van der Waals surface area (Å²) in [5.74, 6) is 0.154. The van der Waals surface area contributed by atoms with Gasteiger partial charge in [-0.05, 0) is 19.3 Å². The number of unbranched alkanes of at least 4 members (excludes halogenated alkanes) is 7. The van der Waals surface area contributed by atoms with Crippen LogP contribution in [0.1, 0.15) is 96.8 Å². The minimum Gasteiger partial charge on any atom is -0.340 e.